The van der Waals surface area contributed by atoms with Crippen molar-refractivity contribution in [1.82, 2.24) is 5.16 Å². The van der Waals surface area contributed by atoms with E-state index < -0.39 is 5.97 Å². The average Bonchev–Trinajstić information content (AvgIpc) is 2.32. The summed E-state index contributed by atoms with van der Waals surface area (Å²) in [5.41, 5.74) is 0.758. The highest BCUT2D eigenvalue weighted by Gasteiger charge is 2.19. The van der Waals surface area contributed by atoms with E-state index in [4.69, 9.17) is 9.63 Å². The van der Waals surface area contributed by atoms with E-state index in [1.165, 1.54) is 0 Å². The average molecular weight is 183 g/mol. The number of carbonyl (C=O) groups is 1. The fraction of sp³-hybridized carbons (Fsp3) is 0.556. The molecule has 72 valence electrons. The van der Waals surface area contributed by atoms with E-state index in [-0.39, 0.29) is 5.69 Å². The Balaban J connectivity index is 3.01. The summed E-state index contributed by atoms with van der Waals surface area (Å²) >= 11 is 0. The van der Waals surface area contributed by atoms with Crippen LogP contribution < -0.4 is 0 Å². The first kappa shape index (κ1) is 9.77. The molecule has 0 unspecified atom stereocenters. The van der Waals surface area contributed by atoms with Gasteiger partial charge in [0.2, 0.25) is 0 Å². The van der Waals surface area contributed by atoms with Gasteiger partial charge in [-0.3, -0.25) is 0 Å². The van der Waals surface area contributed by atoms with E-state index in [0.717, 1.165) is 0 Å². The zero-order valence-corrected chi connectivity index (χ0v) is 8.00. The number of carboxylic acid groups (broad SMARTS) is 1. The Morgan fingerprint density at radius 1 is 1.62 bits per heavy atom. The summed E-state index contributed by atoms with van der Waals surface area (Å²) in [6.07, 6.45) is 0.691. The molecule has 1 N–H and O–H groups in total. The maximum atomic E-state index is 10.7. The molecule has 0 aliphatic heterocycles. The third-order valence-electron chi connectivity index (χ3n) is 1.80. The van der Waals surface area contributed by atoms with E-state index in [1.54, 1.807) is 6.92 Å². The van der Waals surface area contributed by atoms with Crippen molar-refractivity contribution >= 4 is 5.97 Å². The Kier molecular flexibility index (Phi) is 2.70. The molecule has 0 aliphatic rings. The van der Waals surface area contributed by atoms with Crippen molar-refractivity contribution in [3.63, 3.8) is 0 Å². The normalized spacial score (nSPS) is 10.8. The van der Waals surface area contributed by atoms with Crippen molar-refractivity contribution in [1.29, 1.82) is 0 Å². The highest BCUT2D eigenvalue weighted by molar-refractivity contribution is 5.87. The van der Waals surface area contributed by atoms with E-state index in [9.17, 15) is 4.79 Å². The van der Waals surface area contributed by atoms with Gasteiger partial charge in [0.05, 0.1) is 0 Å². The maximum absolute atomic E-state index is 10.7. The molecule has 0 radical (unpaired) electrons. The minimum atomic E-state index is -1.02. The monoisotopic (exact) mass is 183 g/mol. The zero-order valence-electron chi connectivity index (χ0n) is 8.00. The fourth-order valence-electron chi connectivity index (χ4n) is 1.21. The maximum Gasteiger partial charge on any atom is 0.358 e. The lowest BCUT2D eigenvalue weighted by Crippen LogP contribution is -2.04. The molecule has 4 heteroatoms. The van der Waals surface area contributed by atoms with Crippen molar-refractivity contribution in [2.75, 3.05) is 0 Å². The fourth-order valence-corrected chi connectivity index (χ4v) is 1.21. The lowest BCUT2D eigenvalue weighted by atomic mass is 10.0. The van der Waals surface area contributed by atoms with Crippen molar-refractivity contribution in [3.05, 3.63) is 17.0 Å². The van der Waals surface area contributed by atoms with Gasteiger partial charge in [-0.05, 0) is 19.3 Å². The summed E-state index contributed by atoms with van der Waals surface area (Å²) in [4.78, 5) is 10.7. The Hall–Kier alpha value is -1.32. The van der Waals surface area contributed by atoms with E-state index in [2.05, 4.69) is 5.16 Å². The molecular formula is C9H13NO3. The Morgan fingerprint density at radius 2 is 2.23 bits per heavy atom. The first-order chi connectivity index (χ1) is 6.02. The summed E-state index contributed by atoms with van der Waals surface area (Å²) in [5.74, 6) is -0.0187. The quantitative estimate of drug-likeness (QED) is 0.777. The van der Waals surface area contributed by atoms with E-state index in [1.807, 2.05) is 13.8 Å². The van der Waals surface area contributed by atoms with Crippen molar-refractivity contribution in [3.8, 4) is 0 Å². The number of hydrogen-bond acceptors (Lipinski definition) is 3. The number of aromatic nitrogens is 1. The van der Waals surface area contributed by atoms with Gasteiger partial charge in [0.25, 0.3) is 0 Å². The van der Waals surface area contributed by atoms with E-state index >= 15 is 0 Å². The number of aromatic carboxylic acids is 1. The van der Waals surface area contributed by atoms with Gasteiger partial charge in [0, 0.05) is 5.56 Å². The molecule has 4 nitrogen and oxygen atoms in total. The molecule has 1 heterocycles. The minimum Gasteiger partial charge on any atom is -0.476 e. The summed E-state index contributed by atoms with van der Waals surface area (Å²) in [6.45, 7) is 5.79. The smallest absolute Gasteiger partial charge is 0.358 e. The molecule has 0 fully saturated rings. The third-order valence-corrected chi connectivity index (χ3v) is 1.80. The predicted octanol–water partition coefficient (Wildman–Crippen LogP) is 1.88. The molecule has 0 spiro atoms. The molecule has 1 aromatic heterocycles. The summed E-state index contributed by atoms with van der Waals surface area (Å²) in [6, 6.07) is 0. The van der Waals surface area contributed by atoms with Crippen LogP contribution in [0.2, 0.25) is 0 Å². The van der Waals surface area contributed by atoms with Crippen LogP contribution >= 0.6 is 0 Å². The highest BCUT2D eigenvalue weighted by atomic mass is 16.5. The Bertz CT molecular complexity index is 315. The van der Waals surface area contributed by atoms with Gasteiger partial charge >= 0.3 is 5.97 Å². The second-order valence-corrected chi connectivity index (χ2v) is 3.47. The Labute approximate surface area is 76.5 Å². The zero-order chi connectivity index (χ0) is 10.0. The first-order valence-corrected chi connectivity index (χ1v) is 4.20. The summed E-state index contributed by atoms with van der Waals surface area (Å²) in [5, 5.41) is 12.3. The van der Waals surface area contributed by atoms with Crippen LogP contribution in [0.5, 0.6) is 0 Å². The molecule has 0 aromatic carbocycles. The third kappa shape index (κ3) is 2.08. The van der Waals surface area contributed by atoms with Crippen LogP contribution in [-0.4, -0.2) is 16.2 Å². The van der Waals surface area contributed by atoms with Crippen LogP contribution in [0.4, 0.5) is 0 Å². The largest absolute Gasteiger partial charge is 0.476 e. The molecule has 1 rings (SSSR count). The van der Waals surface area contributed by atoms with Crippen LogP contribution in [0.3, 0.4) is 0 Å². The van der Waals surface area contributed by atoms with Crippen LogP contribution in [0.1, 0.15) is 35.7 Å². The van der Waals surface area contributed by atoms with Gasteiger partial charge in [0.15, 0.2) is 5.69 Å². The minimum absolute atomic E-state index is 0.0474. The number of aryl methyl sites for hydroxylation is 1. The van der Waals surface area contributed by atoms with Gasteiger partial charge < -0.3 is 9.63 Å². The molecule has 0 saturated heterocycles. The Morgan fingerprint density at radius 3 is 2.69 bits per heavy atom. The predicted molar refractivity (Wildman–Crippen MR) is 46.7 cm³/mol. The van der Waals surface area contributed by atoms with Crippen molar-refractivity contribution in [2.24, 2.45) is 5.92 Å². The molecule has 0 amide bonds. The van der Waals surface area contributed by atoms with E-state index in [0.29, 0.717) is 23.7 Å². The molecule has 13 heavy (non-hydrogen) atoms. The molecule has 0 bridgehead atoms. The number of hydrogen-bond donors (Lipinski definition) is 1. The van der Waals surface area contributed by atoms with Gasteiger partial charge in [0.1, 0.15) is 5.76 Å². The van der Waals surface area contributed by atoms with Crippen molar-refractivity contribution in [2.45, 2.75) is 27.2 Å². The number of rotatable bonds is 3. The van der Waals surface area contributed by atoms with Gasteiger partial charge in [-0.2, -0.15) is 0 Å². The van der Waals surface area contributed by atoms with Gasteiger partial charge in [-0.1, -0.05) is 19.0 Å². The molecular weight excluding hydrogens is 170 g/mol. The lowest BCUT2D eigenvalue weighted by Gasteiger charge is -2.02. The van der Waals surface area contributed by atoms with Crippen LogP contribution in [0.15, 0.2) is 4.52 Å². The number of carboxylic acids is 1. The first-order valence-electron chi connectivity index (χ1n) is 4.20. The highest BCUT2D eigenvalue weighted by Crippen LogP contribution is 2.17. The van der Waals surface area contributed by atoms with Gasteiger partial charge in [-0.25, -0.2) is 4.79 Å². The molecule has 0 aliphatic carbocycles. The lowest BCUT2D eigenvalue weighted by molar-refractivity contribution is 0.0684. The second kappa shape index (κ2) is 3.60. The van der Waals surface area contributed by atoms with Crippen LogP contribution in [-0.2, 0) is 6.42 Å². The summed E-state index contributed by atoms with van der Waals surface area (Å²) in [7, 11) is 0. The second-order valence-electron chi connectivity index (χ2n) is 3.47. The topological polar surface area (TPSA) is 63.3 Å². The summed E-state index contributed by atoms with van der Waals surface area (Å²) < 4.78 is 4.83. The van der Waals surface area contributed by atoms with Crippen LogP contribution in [0, 0.1) is 12.8 Å². The molecule has 0 atom stereocenters. The van der Waals surface area contributed by atoms with Crippen LogP contribution in [0.25, 0.3) is 0 Å². The van der Waals surface area contributed by atoms with Crippen molar-refractivity contribution < 1.29 is 14.4 Å². The standard InChI is InChI=1S/C9H13NO3/c1-5(2)4-7-6(3)13-10-8(7)9(11)12/h5H,4H2,1-3H3,(H,11,12). The van der Waals surface area contributed by atoms with Gasteiger partial charge in [-0.15, -0.1) is 0 Å². The number of nitrogens with zero attached hydrogens (tertiary/aromatic N) is 1. The molecule has 0 saturated carbocycles. The SMILES string of the molecule is Cc1onc(C(=O)O)c1CC(C)C. The molecule has 1 aromatic rings.